The minimum atomic E-state index is 0.990. The lowest BCUT2D eigenvalue weighted by Gasteiger charge is -2.31. The summed E-state index contributed by atoms with van der Waals surface area (Å²) in [6.07, 6.45) is 8.47. The number of hydrogen-bond donors (Lipinski definition) is 0. The molecule has 0 saturated carbocycles. The number of likely N-dealkylation sites (N-methyl/N-ethyl adjacent to an activating group) is 2. The van der Waals surface area contributed by atoms with Gasteiger partial charge in [-0.2, -0.15) is 0 Å². The van der Waals surface area contributed by atoms with Crippen LogP contribution in [0.25, 0.3) is 0 Å². The quantitative estimate of drug-likeness (QED) is 0.737. The second-order valence-electron chi connectivity index (χ2n) is 9.07. The Kier molecular flexibility index (Phi) is 13.6. The molecule has 0 aromatic rings. The molecule has 3 rings (SSSR count). The van der Waals surface area contributed by atoms with Gasteiger partial charge in [0, 0.05) is 32.7 Å². The summed E-state index contributed by atoms with van der Waals surface area (Å²) in [6, 6.07) is 0. The van der Waals surface area contributed by atoms with Crippen LogP contribution >= 0.6 is 0 Å². The Hall–Kier alpha value is -0.160. The molecule has 1 atom stereocenters. The van der Waals surface area contributed by atoms with E-state index in [0.717, 1.165) is 11.8 Å². The van der Waals surface area contributed by atoms with Crippen LogP contribution in [-0.4, -0.2) is 99.6 Å². The Morgan fingerprint density at radius 3 is 1.59 bits per heavy atom. The van der Waals surface area contributed by atoms with Gasteiger partial charge in [0.05, 0.1) is 0 Å². The first-order chi connectivity index (χ1) is 13.0. The van der Waals surface area contributed by atoms with Gasteiger partial charge in [0.25, 0.3) is 0 Å². The zero-order valence-corrected chi connectivity index (χ0v) is 19.6. The SMILES string of the molecule is CCC1CCCN(C)C1.CCC1CCN(C)CC1.CCN1CCN(C)CC1. The molecule has 0 aromatic heterocycles. The normalized spacial score (nSPS) is 26.7. The molecular formula is C23H50N4. The fourth-order valence-corrected chi connectivity index (χ4v) is 4.24. The van der Waals surface area contributed by atoms with Crippen molar-refractivity contribution in [1.29, 1.82) is 0 Å². The second kappa shape index (κ2) is 14.8. The monoisotopic (exact) mass is 382 g/mol. The number of hydrogen-bond acceptors (Lipinski definition) is 4. The van der Waals surface area contributed by atoms with E-state index in [0.29, 0.717) is 0 Å². The Bertz CT molecular complexity index is 311. The zero-order valence-electron chi connectivity index (χ0n) is 19.6. The lowest BCUT2D eigenvalue weighted by molar-refractivity contribution is 0.160. The summed E-state index contributed by atoms with van der Waals surface area (Å²) < 4.78 is 0. The maximum Gasteiger partial charge on any atom is 0.0110 e. The van der Waals surface area contributed by atoms with E-state index in [9.17, 15) is 0 Å². The second-order valence-corrected chi connectivity index (χ2v) is 9.07. The van der Waals surface area contributed by atoms with Gasteiger partial charge in [-0.3, -0.25) is 0 Å². The van der Waals surface area contributed by atoms with Crippen LogP contribution < -0.4 is 0 Å². The fraction of sp³-hybridized carbons (Fsp3) is 1.00. The number of nitrogens with zero attached hydrogens (tertiary/aromatic N) is 4. The first kappa shape index (κ1) is 24.9. The van der Waals surface area contributed by atoms with Crippen molar-refractivity contribution in [2.45, 2.75) is 59.3 Å². The molecule has 3 aliphatic heterocycles. The van der Waals surface area contributed by atoms with Gasteiger partial charge in [0.2, 0.25) is 0 Å². The topological polar surface area (TPSA) is 13.0 Å². The molecule has 3 fully saturated rings. The number of rotatable bonds is 3. The molecule has 0 bridgehead atoms. The smallest absolute Gasteiger partial charge is 0.0110 e. The van der Waals surface area contributed by atoms with Gasteiger partial charge in [0.1, 0.15) is 0 Å². The molecule has 0 amide bonds. The number of piperidine rings is 2. The van der Waals surface area contributed by atoms with Gasteiger partial charge in [-0.25, -0.2) is 0 Å². The Morgan fingerprint density at radius 2 is 1.15 bits per heavy atom. The van der Waals surface area contributed by atoms with Crippen LogP contribution in [0.15, 0.2) is 0 Å². The van der Waals surface area contributed by atoms with E-state index in [1.807, 2.05) is 0 Å². The summed E-state index contributed by atoms with van der Waals surface area (Å²) in [7, 11) is 6.63. The zero-order chi connectivity index (χ0) is 20.1. The van der Waals surface area contributed by atoms with Crippen molar-refractivity contribution in [2.75, 3.05) is 80.0 Å². The van der Waals surface area contributed by atoms with Crippen LogP contribution in [0.5, 0.6) is 0 Å². The van der Waals surface area contributed by atoms with Crippen molar-refractivity contribution in [1.82, 2.24) is 19.6 Å². The molecule has 0 N–H and O–H groups in total. The highest BCUT2D eigenvalue weighted by Crippen LogP contribution is 2.18. The summed E-state index contributed by atoms with van der Waals surface area (Å²) in [4.78, 5) is 9.73. The van der Waals surface area contributed by atoms with Crippen LogP contribution in [0.1, 0.15) is 59.3 Å². The molecule has 0 spiro atoms. The lowest BCUT2D eigenvalue weighted by Crippen LogP contribution is -2.44. The Labute approximate surface area is 171 Å². The van der Waals surface area contributed by atoms with Gasteiger partial charge in [-0.1, -0.05) is 33.6 Å². The third-order valence-electron chi connectivity index (χ3n) is 6.76. The minimum absolute atomic E-state index is 0.990. The minimum Gasteiger partial charge on any atom is -0.306 e. The third-order valence-corrected chi connectivity index (χ3v) is 6.76. The molecule has 3 saturated heterocycles. The predicted octanol–water partition coefficient (Wildman–Crippen LogP) is 3.73. The molecule has 3 heterocycles. The molecule has 162 valence electrons. The van der Waals surface area contributed by atoms with E-state index < -0.39 is 0 Å². The summed E-state index contributed by atoms with van der Waals surface area (Å²) in [6.45, 7) is 18.3. The highest BCUT2D eigenvalue weighted by Gasteiger charge is 2.14. The van der Waals surface area contributed by atoms with Crippen LogP contribution in [0.3, 0.4) is 0 Å². The average Bonchev–Trinajstić information content (AvgIpc) is 2.70. The average molecular weight is 383 g/mol. The molecule has 3 aliphatic rings. The lowest BCUT2D eigenvalue weighted by atomic mass is 9.95. The van der Waals surface area contributed by atoms with Crippen LogP contribution in [-0.2, 0) is 0 Å². The molecule has 0 radical (unpaired) electrons. The van der Waals surface area contributed by atoms with Crippen LogP contribution in [0.2, 0.25) is 0 Å². The summed E-state index contributed by atoms with van der Waals surface area (Å²) in [5.74, 6) is 2.02. The first-order valence-electron chi connectivity index (χ1n) is 11.8. The fourth-order valence-electron chi connectivity index (χ4n) is 4.24. The van der Waals surface area contributed by atoms with E-state index in [-0.39, 0.29) is 0 Å². The summed E-state index contributed by atoms with van der Waals surface area (Å²) >= 11 is 0. The Morgan fingerprint density at radius 1 is 0.593 bits per heavy atom. The Balaban J connectivity index is 0.000000202. The highest BCUT2D eigenvalue weighted by molar-refractivity contribution is 4.69. The van der Waals surface area contributed by atoms with Crippen molar-refractivity contribution in [2.24, 2.45) is 11.8 Å². The standard InChI is InChI=1S/2C8H17N.C7H16N2/c1-3-8-4-6-9(2)7-5-8;1-3-8-5-4-6-9(2)7-8;1-3-9-6-4-8(2)5-7-9/h2*8H,3-7H2,1-2H3;3-7H2,1-2H3. The molecule has 1 unspecified atom stereocenters. The highest BCUT2D eigenvalue weighted by atomic mass is 15.2. The van der Waals surface area contributed by atoms with E-state index >= 15 is 0 Å². The van der Waals surface area contributed by atoms with Crippen molar-refractivity contribution in [3.8, 4) is 0 Å². The molecular weight excluding hydrogens is 332 g/mol. The van der Waals surface area contributed by atoms with Gasteiger partial charge in [-0.15, -0.1) is 0 Å². The number of likely N-dealkylation sites (tertiary alicyclic amines) is 2. The summed E-state index contributed by atoms with van der Waals surface area (Å²) in [5, 5.41) is 0. The van der Waals surface area contributed by atoms with E-state index in [1.54, 1.807) is 0 Å². The molecule has 4 heteroatoms. The summed E-state index contributed by atoms with van der Waals surface area (Å²) in [5.41, 5.74) is 0. The van der Waals surface area contributed by atoms with E-state index in [2.05, 4.69) is 61.5 Å². The van der Waals surface area contributed by atoms with Crippen molar-refractivity contribution in [3.63, 3.8) is 0 Å². The first-order valence-corrected chi connectivity index (χ1v) is 11.8. The van der Waals surface area contributed by atoms with E-state index in [4.69, 9.17) is 0 Å². The largest absolute Gasteiger partial charge is 0.306 e. The molecule has 4 nitrogen and oxygen atoms in total. The molecule has 0 aromatic carbocycles. The van der Waals surface area contributed by atoms with Gasteiger partial charge in [0.15, 0.2) is 0 Å². The van der Waals surface area contributed by atoms with Crippen LogP contribution in [0.4, 0.5) is 0 Å². The maximum atomic E-state index is 2.49. The molecule has 0 aliphatic carbocycles. The predicted molar refractivity (Wildman–Crippen MR) is 121 cm³/mol. The maximum absolute atomic E-state index is 2.49. The number of piperazine rings is 1. The van der Waals surface area contributed by atoms with Crippen molar-refractivity contribution >= 4 is 0 Å². The third kappa shape index (κ3) is 11.4. The van der Waals surface area contributed by atoms with Gasteiger partial charge >= 0.3 is 0 Å². The molecule has 27 heavy (non-hydrogen) atoms. The van der Waals surface area contributed by atoms with Crippen molar-refractivity contribution < 1.29 is 0 Å². The van der Waals surface area contributed by atoms with Crippen molar-refractivity contribution in [3.05, 3.63) is 0 Å². The van der Waals surface area contributed by atoms with Gasteiger partial charge < -0.3 is 19.6 Å². The van der Waals surface area contributed by atoms with Crippen LogP contribution in [0, 0.1) is 11.8 Å². The van der Waals surface area contributed by atoms with Gasteiger partial charge in [-0.05, 0) is 84.8 Å². The van der Waals surface area contributed by atoms with E-state index in [1.165, 1.54) is 97.4 Å².